The SMILES string of the molecule is O=C(NCCC(=O)N1CCN(c2ccccc2)CC1)c1cc([N+](=O)[O-])ccc1N1CCCCC1. The molecule has 2 aliphatic rings. The van der Waals surface area contributed by atoms with Crippen molar-refractivity contribution < 1.29 is 14.5 Å². The van der Waals surface area contributed by atoms with Gasteiger partial charge in [0.05, 0.1) is 16.2 Å². The van der Waals surface area contributed by atoms with E-state index in [0.29, 0.717) is 24.3 Å². The number of piperazine rings is 1. The number of benzene rings is 2. The van der Waals surface area contributed by atoms with Crippen molar-refractivity contribution in [3.63, 3.8) is 0 Å². The summed E-state index contributed by atoms with van der Waals surface area (Å²) < 4.78 is 0. The maximum absolute atomic E-state index is 12.9. The first-order valence-electron chi connectivity index (χ1n) is 11.9. The Kier molecular flexibility index (Phi) is 7.61. The lowest BCUT2D eigenvalue weighted by atomic mass is 10.1. The fraction of sp³-hybridized carbons (Fsp3) is 0.440. The van der Waals surface area contributed by atoms with Gasteiger partial charge in [-0.3, -0.25) is 19.7 Å². The molecule has 2 saturated heterocycles. The number of nitrogens with one attached hydrogen (secondary N) is 1. The molecule has 0 bridgehead atoms. The Balaban J connectivity index is 1.31. The molecular weight excluding hydrogens is 434 g/mol. The van der Waals surface area contributed by atoms with Crippen LogP contribution in [0, 0.1) is 10.1 Å². The molecule has 0 aliphatic carbocycles. The number of anilines is 2. The summed E-state index contributed by atoms with van der Waals surface area (Å²) in [6, 6.07) is 14.6. The van der Waals surface area contributed by atoms with Crippen molar-refractivity contribution in [1.82, 2.24) is 10.2 Å². The number of nitro groups is 1. The fourth-order valence-corrected chi connectivity index (χ4v) is 4.62. The highest BCUT2D eigenvalue weighted by Crippen LogP contribution is 2.28. The second kappa shape index (κ2) is 11.0. The van der Waals surface area contributed by atoms with E-state index >= 15 is 0 Å². The van der Waals surface area contributed by atoms with Gasteiger partial charge in [0.1, 0.15) is 0 Å². The summed E-state index contributed by atoms with van der Waals surface area (Å²) in [5, 5.41) is 14.1. The largest absolute Gasteiger partial charge is 0.371 e. The molecule has 34 heavy (non-hydrogen) atoms. The van der Waals surface area contributed by atoms with Gasteiger partial charge in [-0.05, 0) is 37.5 Å². The molecule has 2 amide bonds. The van der Waals surface area contributed by atoms with Gasteiger partial charge in [-0.1, -0.05) is 18.2 Å². The molecule has 9 heteroatoms. The summed E-state index contributed by atoms with van der Waals surface area (Å²) >= 11 is 0. The summed E-state index contributed by atoms with van der Waals surface area (Å²) in [6.07, 6.45) is 3.41. The molecule has 0 aromatic heterocycles. The molecule has 2 heterocycles. The third-order valence-electron chi connectivity index (χ3n) is 6.51. The number of amides is 2. The van der Waals surface area contributed by atoms with Crippen LogP contribution < -0.4 is 15.1 Å². The van der Waals surface area contributed by atoms with Crippen LogP contribution >= 0.6 is 0 Å². The first kappa shape index (κ1) is 23.5. The van der Waals surface area contributed by atoms with Crippen LogP contribution in [-0.2, 0) is 4.79 Å². The van der Waals surface area contributed by atoms with E-state index in [-0.39, 0.29) is 30.5 Å². The number of non-ortho nitro benzene ring substituents is 1. The quantitative estimate of drug-likeness (QED) is 0.498. The van der Waals surface area contributed by atoms with Crippen LogP contribution in [0.4, 0.5) is 17.1 Å². The standard InChI is InChI=1S/C25H31N5O4/c31-24(29-17-15-27(16-18-29)20-7-3-1-4-8-20)11-12-26-25(32)22-19-21(30(33)34)9-10-23(22)28-13-5-2-6-14-28/h1,3-4,7-10,19H,2,5-6,11-18H2,(H,26,32). The number of piperidine rings is 1. The predicted molar refractivity (Wildman–Crippen MR) is 131 cm³/mol. The van der Waals surface area contributed by atoms with Crippen molar-refractivity contribution in [2.75, 3.05) is 55.6 Å². The second-order valence-corrected chi connectivity index (χ2v) is 8.72. The number of hydrogen-bond donors (Lipinski definition) is 1. The molecule has 0 saturated carbocycles. The van der Waals surface area contributed by atoms with E-state index in [0.717, 1.165) is 51.1 Å². The van der Waals surface area contributed by atoms with Gasteiger partial charge in [-0.2, -0.15) is 0 Å². The van der Waals surface area contributed by atoms with Crippen LogP contribution in [0.1, 0.15) is 36.0 Å². The van der Waals surface area contributed by atoms with Crippen molar-refractivity contribution in [3.8, 4) is 0 Å². The smallest absolute Gasteiger partial charge is 0.270 e. The van der Waals surface area contributed by atoms with Crippen molar-refractivity contribution >= 4 is 28.9 Å². The van der Waals surface area contributed by atoms with Crippen molar-refractivity contribution in [2.45, 2.75) is 25.7 Å². The van der Waals surface area contributed by atoms with Crippen molar-refractivity contribution in [3.05, 3.63) is 64.2 Å². The Hall–Kier alpha value is -3.62. The topological polar surface area (TPSA) is 99.0 Å². The van der Waals surface area contributed by atoms with Crippen LogP contribution in [0.25, 0.3) is 0 Å². The fourth-order valence-electron chi connectivity index (χ4n) is 4.62. The van der Waals surface area contributed by atoms with E-state index in [1.807, 2.05) is 23.1 Å². The van der Waals surface area contributed by atoms with Gasteiger partial charge in [0.15, 0.2) is 0 Å². The van der Waals surface area contributed by atoms with Crippen LogP contribution in [0.2, 0.25) is 0 Å². The minimum Gasteiger partial charge on any atom is -0.371 e. The highest BCUT2D eigenvalue weighted by atomic mass is 16.6. The van der Waals surface area contributed by atoms with Gasteiger partial charge in [0.25, 0.3) is 11.6 Å². The van der Waals surface area contributed by atoms with Gasteiger partial charge in [-0.25, -0.2) is 0 Å². The van der Waals surface area contributed by atoms with E-state index in [1.165, 1.54) is 12.1 Å². The lowest BCUT2D eigenvalue weighted by Gasteiger charge is -2.36. The number of nitrogens with zero attached hydrogens (tertiary/aromatic N) is 4. The number of nitro benzene ring substituents is 1. The summed E-state index contributed by atoms with van der Waals surface area (Å²) in [5.74, 6) is -0.380. The summed E-state index contributed by atoms with van der Waals surface area (Å²) in [5.41, 5.74) is 2.05. The van der Waals surface area contributed by atoms with E-state index in [2.05, 4.69) is 27.2 Å². The molecule has 1 N–H and O–H groups in total. The highest BCUT2D eigenvalue weighted by Gasteiger charge is 2.23. The maximum Gasteiger partial charge on any atom is 0.270 e. The lowest BCUT2D eigenvalue weighted by molar-refractivity contribution is -0.384. The molecule has 180 valence electrons. The minimum atomic E-state index is -0.491. The van der Waals surface area contributed by atoms with Gasteiger partial charge >= 0.3 is 0 Å². The van der Waals surface area contributed by atoms with Crippen LogP contribution in [-0.4, -0.2) is 67.5 Å². The third-order valence-corrected chi connectivity index (χ3v) is 6.51. The van der Waals surface area contributed by atoms with Crippen LogP contribution in [0.15, 0.2) is 48.5 Å². The number of hydrogen-bond acceptors (Lipinski definition) is 6. The number of para-hydroxylation sites is 1. The third kappa shape index (κ3) is 5.65. The average molecular weight is 466 g/mol. The van der Waals surface area contributed by atoms with Gasteiger partial charge in [0.2, 0.25) is 5.91 Å². The Morgan fingerprint density at radius 2 is 1.59 bits per heavy atom. The predicted octanol–water partition coefficient (Wildman–Crippen LogP) is 3.05. The normalized spacial score (nSPS) is 16.3. The van der Waals surface area contributed by atoms with E-state index < -0.39 is 4.92 Å². The second-order valence-electron chi connectivity index (χ2n) is 8.72. The molecule has 9 nitrogen and oxygen atoms in total. The molecule has 2 fully saturated rings. The Bertz CT molecular complexity index is 1020. The first-order chi connectivity index (χ1) is 16.5. The monoisotopic (exact) mass is 465 g/mol. The Morgan fingerprint density at radius 3 is 2.26 bits per heavy atom. The molecule has 4 rings (SSSR count). The van der Waals surface area contributed by atoms with E-state index in [1.54, 1.807) is 6.07 Å². The zero-order valence-corrected chi connectivity index (χ0v) is 19.3. The van der Waals surface area contributed by atoms with Gasteiger partial charge in [-0.15, -0.1) is 0 Å². The Morgan fingerprint density at radius 1 is 0.882 bits per heavy atom. The molecule has 2 aromatic rings. The molecule has 0 unspecified atom stereocenters. The minimum absolute atomic E-state index is 0.00306. The Labute approximate surface area is 199 Å². The highest BCUT2D eigenvalue weighted by molar-refractivity contribution is 6.00. The summed E-state index contributed by atoms with van der Waals surface area (Å²) in [4.78, 5) is 42.6. The van der Waals surface area contributed by atoms with Gasteiger partial charge in [0, 0.05) is 70.1 Å². The van der Waals surface area contributed by atoms with Crippen LogP contribution in [0.3, 0.4) is 0 Å². The average Bonchev–Trinajstić information content (AvgIpc) is 2.89. The maximum atomic E-state index is 12.9. The molecule has 0 atom stereocenters. The molecule has 0 radical (unpaired) electrons. The zero-order valence-electron chi connectivity index (χ0n) is 19.3. The molecule has 2 aromatic carbocycles. The molecule has 2 aliphatic heterocycles. The zero-order chi connectivity index (χ0) is 23.9. The number of rotatable bonds is 7. The molecule has 0 spiro atoms. The van der Waals surface area contributed by atoms with Crippen molar-refractivity contribution in [1.29, 1.82) is 0 Å². The number of carbonyl (C=O) groups excluding carboxylic acids is 2. The van der Waals surface area contributed by atoms with E-state index in [9.17, 15) is 19.7 Å². The van der Waals surface area contributed by atoms with E-state index in [4.69, 9.17) is 0 Å². The molecular formula is C25H31N5O4. The van der Waals surface area contributed by atoms with Crippen LogP contribution in [0.5, 0.6) is 0 Å². The lowest BCUT2D eigenvalue weighted by Crippen LogP contribution is -2.49. The van der Waals surface area contributed by atoms with Crippen molar-refractivity contribution in [2.24, 2.45) is 0 Å². The summed E-state index contributed by atoms with van der Waals surface area (Å²) in [7, 11) is 0. The summed E-state index contributed by atoms with van der Waals surface area (Å²) in [6.45, 7) is 4.68. The van der Waals surface area contributed by atoms with Gasteiger partial charge < -0.3 is 20.0 Å². The first-order valence-corrected chi connectivity index (χ1v) is 11.9. The number of carbonyl (C=O) groups is 2.